The van der Waals surface area contributed by atoms with Crippen LogP contribution in [-0.2, 0) is 32.7 Å². The van der Waals surface area contributed by atoms with Crippen LogP contribution in [-0.4, -0.2) is 70.0 Å². The quantitative estimate of drug-likeness (QED) is 0.0257. The molecule has 0 fully saturated rings. The fraction of sp³-hybridized carbons (Fsp3) is 0.963. The standard InChI is InChI=1S/C54H108NO8P/c1-7-10-13-16-19-22-25-28-31-34-37-40-43-46-53(56)63-52(50-62-64(58,59)61-48-47-55(4,5)6)49-60-54(57)51(44-41-38-35-32-29-26-23-20-17-14-11-8-2)45-42-39-36-33-30-27-24-21-18-15-12-9-3/h51-52H,7-50H2,1-6H3/t52-/m1/s1. The van der Waals surface area contributed by atoms with Crippen LogP contribution in [0.2, 0.25) is 0 Å². The molecule has 0 aromatic heterocycles. The Hall–Kier alpha value is -0.990. The molecule has 10 heteroatoms. The first-order valence-electron chi connectivity index (χ1n) is 27.7. The predicted molar refractivity (Wildman–Crippen MR) is 268 cm³/mol. The maximum absolute atomic E-state index is 13.7. The molecule has 0 spiro atoms. The average Bonchev–Trinajstić information content (AvgIpc) is 3.25. The minimum Gasteiger partial charge on any atom is -0.756 e. The van der Waals surface area contributed by atoms with Crippen LogP contribution < -0.4 is 4.89 Å². The molecule has 0 aliphatic carbocycles. The fourth-order valence-corrected chi connectivity index (χ4v) is 9.15. The lowest BCUT2D eigenvalue weighted by Crippen LogP contribution is -2.37. The Morgan fingerprint density at radius 2 is 0.797 bits per heavy atom. The SMILES string of the molecule is CCCCCCCCCCCCCCCC(=O)O[C@H](COC(=O)C(CCCCCCCCCCCCCC)CCCCCCCCCCCCCC)COP(=O)([O-])OCC[N+](C)(C)C. The molecule has 0 radical (unpaired) electrons. The van der Waals surface area contributed by atoms with Crippen molar-refractivity contribution in [1.82, 2.24) is 0 Å². The highest BCUT2D eigenvalue weighted by atomic mass is 31.2. The van der Waals surface area contributed by atoms with Gasteiger partial charge in [-0.05, 0) is 19.3 Å². The Morgan fingerprint density at radius 1 is 0.469 bits per heavy atom. The number of hydrogen-bond acceptors (Lipinski definition) is 8. The van der Waals surface area contributed by atoms with E-state index in [4.69, 9.17) is 18.5 Å². The summed E-state index contributed by atoms with van der Waals surface area (Å²) in [6.07, 6.45) is 47.0. The Kier molecular flexibility index (Phi) is 45.1. The van der Waals surface area contributed by atoms with Crippen LogP contribution in [0.1, 0.15) is 278 Å². The minimum atomic E-state index is -4.66. The molecule has 0 rings (SSSR count). The van der Waals surface area contributed by atoms with E-state index in [0.717, 1.165) is 51.4 Å². The molecule has 0 N–H and O–H groups in total. The molecule has 0 bridgehead atoms. The summed E-state index contributed by atoms with van der Waals surface area (Å²) in [5, 5.41) is 0. The summed E-state index contributed by atoms with van der Waals surface area (Å²) >= 11 is 0. The number of carbonyl (C=O) groups is 2. The first kappa shape index (κ1) is 63.0. The lowest BCUT2D eigenvalue weighted by molar-refractivity contribution is -0.870. The van der Waals surface area contributed by atoms with Crippen molar-refractivity contribution in [2.24, 2.45) is 5.92 Å². The summed E-state index contributed by atoms with van der Waals surface area (Å²) in [6, 6.07) is 0. The number of unbranched alkanes of at least 4 members (excludes halogenated alkanes) is 34. The van der Waals surface area contributed by atoms with Gasteiger partial charge in [-0.25, -0.2) is 0 Å². The molecule has 0 amide bonds. The highest BCUT2D eigenvalue weighted by Gasteiger charge is 2.25. The van der Waals surface area contributed by atoms with Gasteiger partial charge in [0.2, 0.25) is 0 Å². The number of phosphoric acid groups is 1. The van der Waals surface area contributed by atoms with Crippen LogP contribution >= 0.6 is 7.82 Å². The van der Waals surface area contributed by atoms with Crippen LogP contribution in [0.3, 0.4) is 0 Å². The van der Waals surface area contributed by atoms with Crippen molar-refractivity contribution in [3.63, 3.8) is 0 Å². The molecule has 64 heavy (non-hydrogen) atoms. The first-order chi connectivity index (χ1) is 30.9. The molecule has 9 nitrogen and oxygen atoms in total. The average molecular weight is 930 g/mol. The van der Waals surface area contributed by atoms with Gasteiger partial charge >= 0.3 is 11.9 Å². The van der Waals surface area contributed by atoms with E-state index in [-0.39, 0.29) is 31.5 Å². The highest BCUT2D eigenvalue weighted by Crippen LogP contribution is 2.38. The van der Waals surface area contributed by atoms with Crippen molar-refractivity contribution in [2.45, 2.75) is 284 Å². The summed E-state index contributed by atoms with van der Waals surface area (Å²) in [4.78, 5) is 39.4. The molecule has 0 aliphatic rings. The molecule has 1 unspecified atom stereocenters. The minimum absolute atomic E-state index is 0.0251. The maximum atomic E-state index is 13.7. The van der Waals surface area contributed by atoms with Crippen LogP contribution in [0.5, 0.6) is 0 Å². The van der Waals surface area contributed by atoms with E-state index in [1.54, 1.807) is 0 Å². The van der Waals surface area contributed by atoms with E-state index in [0.29, 0.717) is 17.4 Å². The number of quaternary nitrogens is 1. The van der Waals surface area contributed by atoms with E-state index >= 15 is 0 Å². The van der Waals surface area contributed by atoms with Crippen molar-refractivity contribution in [1.29, 1.82) is 0 Å². The number of ether oxygens (including phenoxy) is 2. The number of nitrogens with zero attached hydrogens (tertiary/aromatic N) is 1. The van der Waals surface area contributed by atoms with Gasteiger partial charge in [0.25, 0.3) is 7.82 Å². The summed E-state index contributed by atoms with van der Waals surface area (Å²) < 4.78 is 35.1. The molecular formula is C54H108NO8P. The molecule has 382 valence electrons. The van der Waals surface area contributed by atoms with E-state index < -0.39 is 26.5 Å². The second-order valence-electron chi connectivity index (χ2n) is 20.4. The van der Waals surface area contributed by atoms with E-state index in [1.807, 2.05) is 21.1 Å². The second-order valence-corrected chi connectivity index (χ2v) is 21.8. The fourth-order valence-electron chi connectivity index (χ4n) is 8.42. The van der Waals surface area contributed by atoms with Crippen LogP contribution in [0.25, 0.3) is 0 Å². The van der Waals surface area contributed by atoms with Gasteiger partial charge in [0.1, 0.15) is 19.8 Å². The molecule has 0 aromatic rings. The number of likely N-dealkylation sites (N-methyl/N-ethyl adjacent to an activating group) is 1. The Morgan fingerprint density at radius 3 is 1.14 bits per heavy atom. The zero-order chi connectivity index (χ0) is 47.3. The largest absolute Gasteiger partial charge is 0.756 e. The number of phosphoric ester groups is 1. The van der Waals surface area contributed by atoms with Crippen molar-refractivity contribution in [3.05, 3.63) is 0 Å². The van der Waals surface area contributed by atoms with Crippen molar-refractivity contribution < 1.29 is 42.1 Å². The van der Waals surface area contributed by atoms with Gasteiger partial charge in [-0.3, -0.25) is 14.2 Å². The normalized spacial score (nSPS) is 13.4. The van der Waals surface area contributed by atoms with Gasteiger partial charge in [-0.1, -0.05) is 252 Å². The van der Waals surface area contributed by atoms with Crippen molar-refractivity contribution in [3.8, 4) is 0 Å². The third-order valence-electron chi connectivity index (χ3n) is 12.8. The second kappa shape index (κ2) is 45.8. The van der Waals surface area contributed by atoms with E-state index in [9.17, 15) is 19.0 Å². The zero-order valence-electron chi connectivity index (χ0n) is 43.4. The highest BCUT2D eigenvalue weighted by molar-refractivity contribution is 7.45. The van der Waals surface area contributed by atoms with Gasteiger partial charge in [-0.15, -0.1) is 0 Å². The third kappa shape index (κ3) is 46.1. The number of esters is 2. The lowest BCUT2D eigenvalue weighted by Gasteiger charge is -2.28. The molecule has 0 saturated carbocycles. The summed E-state index contributed by atoms with van der Waals surface area (Å²) in [7, 11) is 1.19. The Bertz CT molecular complexity index is 1040. The molecule has 0 aromatic carbocycles. The van der Waals surface area contributed by atoms with E-state index in [2.05, 4.69) is 20.8 Å². The third-order valence-corrected chi connectivity index (χ3v) is 13.7. The number of carbonyl (C=O) groups excluding carboxylic acids is 2. The molecule has 0 saturated heterocycles. The van der Waals surface area contributed by atoms with Crippen LogP contribution in [0.4, 0.5) is 0 Å². The van der Waals surface area contributed by atoms with Crippen molar-refractivity contribution in [2.75, 3.05) is 47.5 Å². The predicted octanol–water partition coefficient (Wildman–Crippen LogP) is 15.9. The van der Waals surface area contributed by atoms with Gasteiger partial charge in [0, 0.05) is 6.42 Å². The first-order valence-corrected chi connectivity index (χ1v) is 29.2. The molecule has 2 atom stereocenters. The molecular weight excluding hydrogens is 822 g/mol. The number of rotatable bonds is 51. The zero-order valence-corrected chi connectivity index (χ0v) is 44.3. The monoisotopic (exact) mass is 930 g/mol. The Balaban J connectivity index is 5.12. The molecule has 0 heterocycles. The number of hydrogen-bond donors (Lipinski definition) is 0. The molecule has 0 aliphatic heterocycles. The van der Waals surface area contributed by atoms with Crippen LogP contribution in [0.15, 0.2) is 0 Å². The topological polar surface area (TPSA) is 111 Å². The van der Waals surface area contributed by atoms with E-state index in [1.165, 1.54) is 193 Å². The lowest BCUT2D eigenvalue weighted by atomic mass is 9.94. The summed E-state index contributed by atoms with van der Waals surface area (Å²) in [6.45, 7) is 6.54. The smallest absolute Gasteiger partial charge is 0.309 e. The van der Waals surface area contributed by atoms with Crippen molar-refractivity contribution >= 4 is 19.8 Å². The Labute approximate surface area is 397 Å². The van der Waals surface area contributed by atoms with Gasteiger partial charge < -0.3 is 27.9 Å². The van der Waals surface area contributed by atoms with Gasteiger partial charge in [0.05, 0.1) is 33.7 Å². The maximum Gasteiger partial charge on any atom is 0.309 e. The van der Waals surface area contributed by atoms with Gasteiger partial charge in [-0.2, -0.15) is 0 Å². The van der Waals surface area contributed by atoms with Gasteiger partial charge in [0.15, 0.2) is 6.10 Å². The summed E-state index contributed by atoms with van der Waals surface area (Å²) in [5.41, 5.74) is 0. The van der Waals surface area contributed by atoms with Crippen LogP contribution in [0, 0.1) is 5.92 Å². The summed E-state index contributed by atoms with van der Waals surface area (Å²) in [5.74, 6) is -0.934.